The lowest BCUT2D eigenvalue weighted by atomic mass is 10.2. The molecular weight excluding hydrogens is 228 g/mol. The van der Waals surface area contributed by atoms with E-state index in [-0.39, 0.29) is 6.41 Å². The fourth-order valence-electron chi connectivity index (χ4n) is 1.78. The van der Waals surface area contributed by atoms with Crippen molar-refractivity contribution in [3.63, 3.8) is 0 Å². The summed E-state index contributed by atoms with van der Waals surface area (Å²) in [4.78, 5) is 5.49. The molecule has 0 aliphatic rings. The molecule has 0 aliphatic heterocycles. The van der Waals surface area contributed by atoms with Gasteiger partial charge in [-0.1, -0.05) is 13.8 Å². The zero-order valence-electron chi connectivity index (χ0n) is 12.6. The molecule has 4 nitrogen and oxygen atoms in total. The smallest absolute Gasteiger partial charge is 0.237 e. The summed E-state index contributed by atoms with van der Waals surface area (Å²) in [6.45, 7) is 21.0. The van der Waals surface area contributed by atoms with Gasteiger partial charge in [0.1, 0.15) is 6.61 Å². The predicted octanol–water partition coefficient (Wildman–Crippen LogP) is 3.00. The molecular formula is C14H28N2O2. The Morgan fingerprint density at radius 1 is 1.00 bits per heavy atom. The molecule has 1 atom stereocenters. The van der Waals surface area contributed by atoms with E-state index in [2.05, 4.69) is 51.3 Å². The van der Waals surface area contributed by atoms with Crippen LogP contribution in [0.1, 0.15) is 41.5 Å². The summed E-state index contributed by atoms with van der Waals surface area (Å²) < 4.78 is 11.5. The van der Waals surface area contributed by atoms with Gasteiger partial charge in [0, 0.05) is 12.1 Å². The van der Waals surface area contributed by atoms with Crippen LogP contribution >= 0.6 is 0 Å². The monoisotopic (exact) mass is 256 g/mol. The van der Waals surface area contributed by atoms with Gasteiger partial charge in [-0.3, -0.25) is 4.90 Å². The zero-order chi connectivity index (χ0) is 14.1. The van der Waals surface area contributed by atoms with Crippen LogP contribution in [0.15, 0.2) is 0 Å². The highest BCUT2D eigenvalue weighted by Gasteiger charge is 2.25. The van der Waals surface area contributed by atoms with Crippen LogP contribution in [0, 0.1) is 12.5 Å². The van der Waals surface area contributed by atoms with Crippen LogP contribution < -0.4 is 0 Å². The molecule has 0 N–H and O–H groups in total. The summed E-state index contributed by atoms with van der Waals surface area (Å²) in [7, 11) is 0. The third-order valence-corrected chi connectivity index (χ3v) is 2.47. The third-order valence-electron chi connectivity index (χ3n) is 2.47. The van der Waals surface area contributed by atoms with Gasteiger partial charge in [-0.25, -0.2) is 6.57 Å². The van der Waals surface area contributed by atoms with Gasteiger partial charge in [-0.2, -0.15) is 0 Å². The van der Waals surface area contributed by atoms with E-state index in [1.807, 2.05) is 0 Å². The van der Waals surface area contributed by atoms with Crippen molar-refractivity contribution in [1.29, 1.82) is 0 Å². The quantitative estimate of drug-likeness (QED) is 0.360. The van der Waals surface area contributed by atoms with E-state index in [0.29, 0.717) is 37.8 Å². The normalized spacial score (nSPS) is 13.6. The van der Waals surface area contributed by atoms with Gasteiger partial charge in [0.25, 0.3) is 0 Å². The zero-order valence-corrected chi connectivity index (χ0v) is 12.6. The molecule has 0 aromatic heterocycles. The van der Waals surface area contributed by atoms with Gasteiger partial charge in [0.15, 0.2) is 0 Å². The maximum absolute atomic E-state index is 6.78. The van der Waals surface area contributed by atoms with Crippen LogP contribution in [0.2, 0.25) is 0 Å². The SMILES string of the molecule is [C-]#[N+]CCOC(OCC(C)C)N(C(C)C)C(C)C. The van der Waals surface area contributed by atoms with E-state index >= 15 is 0 Å². The molecule has 1 unspecified atom stereocenters. The first-order valence-electron chi connectivity index (χ1n) is 6.74. The summed E-state index contributed by atoms with van der Waals surface area (Å²) in [6.07, 6.45) is -0.353. The topological polar surface area (TPSA) is 26.1 Å². The number of nitrogens with zero attached hydrogens (tertiary/aromatic N) is 2. The average Bonchev–Trinajstić information content (AvgIpc) is 2.24. The molecule has 0 spiro atoms. The van der Waals surface area contributed by atoms with Crippen LogP contribution in [0.4, 0.5) is 0 Å². The van der Waals surface area contributed by atoms with E-state index in [9.17, 15) is 0 Å². The molecule has 0 saturated carbocycles. The summed E-state index contributed by atoms with van der Waals surface area (Å²) in [5.74, 6) is 0.470. The molecule has 0 fully saturated rings. The summed E-state index contributed by atoms with van der Waals surface area (Å²) in [6, 6.07) is 0.685. The Hall–Kier alpha value is -0.630. The lowest BCUT2D eigenvalue weighted by Gasteiger charge is -2.37. The van der Waals surface area contributed by atoms with Crippen LogP contribution in [-0.4, -0.2) is 43.2 Å². The Bertz CT molecular complexity index is 239. The molecule has 4 heteroatoms. The first-order chi connectivity index (χ1) is 8.40. The van der Waals surface area contributed by atoms with E-state index in [1.54, 1.807) is 0 Å². The maximum atomic E-state index is 6.78. The first kappa shape index (κ1) is 17.4. The van der Waals surface area contributed by atoms with E-state index < -0.39 is 0 Å². The van der Waals surface area contributed by atoms with Crippen LogP contribution in [-0.2, 0) is 9.47 Å². The number of hydrogen-bond donors (Lipinski definition) is 0. The maximum Gasteiger partial charge on any atom is 0.237 e. The van der Waals surface area contributed by atoms with Crippen molar-refractivity contribution >= 4 is 0 Å². The van der Waals surface area contributed by atoms with Crippen molar-refractivity contribution < 1.29 is 9.47 Å². The Morgan fingerprint density at radius 3 is 1.94 bits per heavy atom. The average molecular weight is 256 g/mol. The fraction of sp³-hybridized carbons (Fsp3) is 0.929. The summed E-state index contributed by atoms with van der Waals surface area (Å²) in [5, 5.41) is 0. The Balaban J connectivity index is 4.54. The molecule has 0 aromatic carbocycles. The van der Waals surface area contributed by atoms with E-state index in [4.69, 9.17) is 16.0 Å². The molecule has 106 valence electrons. The van der Waals surface area contributed by atoms with Crippen molar-refractivity contribution in [3.05, 3.63) is 11.4 Å². The van der Waals surface area contributed by atoms with Crippen LogP contribution in [0.3, 0.4) is 0 Å². The molecule has 18 heavy (non-hydrogen) atoms. The minimum atomic E-state index is -0.353. The fourth-order valence-corrected chi connectivity index (χ4v) is 1.78. The van der Waals surface area contributed by atoms with Crippen LogP contribution in [0.5, 0.6) is 0 Å². The molecule has 0 aromatic rings. The van der Waals surface area contributed by atoms with Gasteiger partial charge in [0.2, 0.25) is 13.0 Å². The van der Waals surface area contributed by atoms with Gasteiger partial charge < -0.3 is 14.3 Å². The first-order valence-corrected chi connectivity index (χ1v) is 6.74. The van der Waals surface area contributed by atoms with E-state index in [1.165, 1.54) is 0 Å². The highest BCUT2D eigenvalue weighted by Crippen LogP contribution is 2.14. The molecule has 0 aliphatic carbocycles. The highest BCUT2D eigenvalue weighted by molar-refractivity contribution is 4.68. The lowest BCUT2D eigenvalue weighted by Crippen LogP contribution is -2.48. The molecule has 0 heterocycles. The highest BCUT2D eigenvalue weighted by atomic mass is 16.7. The third kappa shape index (κ3) is 6.95. The Morgan fingerprint density at radius 2 is 1.56 bits per heavy atom. The standard InChI is InChI=1S/C14H28N2O2/c1-11(2)10-18-14(17-9-8-15-7)16(12(3)4)13(5)6/h11-14H,8-10H2,1-6H3. The largest absolute Gasteiger partial charge is 0.339 e. The predicted molar refractivity (Wildman–Crippen MR) is 74.1 cm³/mol. The van der Waals surface area contributed by atoms with E-state index in [0.717, 1.165) is 0 Å². The number of rotatable bonds is 9. The molecule has 0 radical (unpaired) electrons. The Kier molecular flexibility index (Phi) is 8.99. The second-order valence-electron chi connectivity index (χ2n) is 5.42. The number of hydrogen-bond acceptors (Lipinski definition) is 3. The van der Waals surface area contributed by atoms with Crippen LogP contribution in [0.25, 0.3) is 4.85 Å². The lowest BCUT2D eigenvalue weighted by molar-refractivity contribution is -0.242. The molecule has 0 rings (SSSR count). The van der Waals surface area contributed by atoms with Crippen molar-refractivity contribution in [3.8, 4) is 0 Å². The minimum Gasteiger partial charge on any atom is -0.339 e. The Labute approximate surface area is 112 Å². The van der Waals surface area contributed by atoms with Gasteiger partial charge in [-0.05, 0) is 33.6 Å². The van der Waals surface area contributed by atoms with Crippen molar-refractivity contribution in [2.75, 3.05) is 19.8 Å². The summed E-state index contributed by atoms with van der Waals surface area (Å²) >= 11 is 0. The molecule has 0 bridgehead atoms. The summed E-state index contributed by atoms with van der Waals surface area (Å²) in [5.41, 5.74) is 0. The second-order valence-corrected chi connectivity index (χ2v) is 5.42. The van der Waals surface area contributed by atoms with Crippen molar-refractivity contribution in [2.24, 2.45) is 5.92 Å². The minimum absolute atomic E-state index is 0.343. The van der Waals surface area contributed by atoms with Crippen molar-refractivity contribution in [1.82, 2.24) is 4.90 Å². The van der Waals surface area contributed by atoms with Gasteiger partial charge >= 0.3 is 0 Å². The van der Waals surface area contributed by atoms with Crippen molar-refractivity contribution in [2.45, 2.75) is 60.0 Å². The van der Waals surface area contributed by atoms with Gasteiger partial charge in [0.05, 0.1) is 6.61 Å². The number of ether oxygens (including phenoxy) is 2. The molecule has 0 saturated heterocycles. The van der Waals surface area contributed by atoms with Gasteiger partial charge in [-0.15, -0.1) is 0 Å². The molecule has 0 amide bonds. The second kappa shape index (κ2) is 9.32.